The number of hydrogen-bond donors (Lipinski definition) is 0. The van der Waals surface area contributed by atoms with Gasteiger partial charge in [0.15, 0.2) is 11.5 Å². The molecular formula is C17H18N4O. The van der Waals surface area contributed by atoms with Crippen LogP contribution in [0.4, 0.5) is 5.82 Å². The van der Waals surface area contributed by atoms with Crippen LogP contribution >= 0.6 is 0 Å². The summed E-state index contributed by atoms with van der Waals surface area (Å²) in [6.07, 6.45) is 2.43. The fourth-order valence-corrected chi connectivity index (χ4v) is 2.63. The quantitative estimate of drug-likeness (QED) is 0.848. The zero-order valence-electron chi connectivity index (χ0n) is 12.4. The molecule has 2 aromatic rings. The van der Waals surface area contributed by atoms with Gasteiger partial charge in [0, 0.05) is 19.7 Å². The third kappa shape index (κ3) is 3.60. The molecule has 5 nitrogen and oxygen atoms in total. The molecule has 1 saturated heterocycles. The van der Waals surface area contributed by atoms with Crippen molar-refractivity contribution in [2.75, 3.05) is 18.1 Å². The summed E-state index contributed by atoms with van der Waals surface area (Å²) in [6, 6.07) is 15.8. The molecule has 22 heavy (non-hydrogen) atoms. The number of hydrogen-bond acceptors (Lipinski definition) is 5. The van der Waals surface area contributed by atoms with Crippen molar-refractivity contribution in [2.24, 2.45) is 0 Å². The van der Waals surface area contributed by atoms with Gasteiger partial charge in [0.25, 0.3) is 0 Å². The SMILES string of the molecule is N#Cc1ccc(N(Cc2ccccc2)CC2CCCO2)nn1. The van der Waals surface area contributed by atoms with Gasteiger partial charge >= 0.3 is 0 Å². The Bertz CT molecular complexity index is 630. The molecule has 1 unspecified atom stereocenters. The van der Waals surface area contributed by atoms with Crippen LogP contribution in [0.15, 0.2) is 42.5 Å². The number of benzene rings is 1. The van der Waals surface area contributed by atoms with E-state index in [4.69, 9.17) is 10.00 Å². The maximum Gasteiger partial charge on any atom is 0.163 e. The van der Waals surface area contributed by atoms with E-state index in [2.05, 4.69) is 27.2 Å². The van der Waals surface area contributed by atoms with Gasteiger partial charge in [-0.25, -0.2) is 0 Å². The first-order valence-electron chi connectivity index (χ1n) is 7.49. The Labute approximate surface area is 130 Å². The highest BCUT2D eigenvalue weighted by atomic mass is 16.5. The molecule has 2 heterocycles. The second-order valence-corrected chi connectivity index (χ2v) is 5.39. The lowest BCUT2D eigenvalue weighted by Gasteiger charge is -2.26. The van der Waals surface area contributed by atoms with Crippen LogP contribution in [0.1, 0.15) is 24.1 Å². The molecule has 1 fully saturated rings. The van der Waals surface area contributed by atoms with Gasteiger partial charge in [-0.3, -0.25) is 0 Å². The molecule has 5 heteroatoms. The number of ether oxygens (including phenoxy) is 1. The first-order valence-corrected chi connectivity index (χ1v) is 7.49. The zero-order chi connectivity index (χ0) is 15.2. The van der Waals surface area contributed by atoms with E-state index < -0.39 is 0 Å². The third-order valence-corrected chi connectivity index (χ3v) is 3.75. The van der Waals surface area contributed by atoms with E-state index in [1.807, 2.05) is 30.3 Å². The van der Waals surface area contributed by atoms with Gasteiger partial charge < -0.3 is 9.64 Å². The number of rotatable bonds is 5. The fraction of sp³-hybridized carbons (Fsp3) is 0.353. The predicted octanol–water partition coefficient (Wildman–Crippen LogP) is 2.53. The Morgan fingerprint density at radius 2 is 2.05 bits per heavy atom. The number of anilines is 1. The van der Waals surface area contributed by atoms with E-state index in [0.29, 0.717) is 5.69 Å². The molecule has 0 aliphatic carbocycles. The van der Waals surface area contributed by atoms with Gasteiger partial charge in [-0.15, -0.1) is 10.2 Å². The van der Waals surface area contributed by atoms with Crippen molar-refractivity contribution in [3.05, 3.63) is 53.7 Å². The summed E-state index contributed by atoms with van der Waals surface area (Å²) in [5, 5.41) is 17.0. The maximum absolute atomic E-state index is 8.85. The van der Waals surface area contributed by atoms with E-state index in [1.54, 1.807) is 6.07 Å². The minimum absolute atomic E-state index is 0.237. The normalized spacial score (nSPS) is 17.1. The Morgan fingerprint density at radius 3 is 2.68 bits per heavy atom. The molecular weight excluding hydrogens is 276 g/mol. The van der Waals surface area contributed by atoms with Gasteiger partial charge in [-0.2, -0.15) is 5.26 Å². The van der Waals surface area contributed by atoms with Crippen LogP contribution in [0.2, 0.25) is 0 Å². The van der Waals surface area contributed by atoms with Crippen molar-refractivity contribution in [1.29, 1.82) is 5.26 Å². The van der Waals surface area contributed by atoms with Crippen LogP contribution in [-0.2, 0) is 11.3 Å². The number of nitrogens with zero attached hydrogens (tertiary/aromatic N) is 4. The average Bonchev–Trinajstić information content (AvgIpc) is 3.08. The zero-order valence-corrected chi connectivity index (χ0v) is 12.4. The standard InChI is InChI=1S/C17H18N4O/c18-11-15-8-9-17(20-19-15)21(13-16-7-4-10-22-16)12-14-5-2-1-3-6-14/h1-3,5-6,8-9,16H,4,7,10,12-13H2. The van der Waals surface area contributed by atoms with Crippen molar-refractivity contribution in [3.8, 4) is 6.07 Å². The molecule has 0 radical (unpaired) electrons. The topological polar surface area (TPSA) is 62.0 Å². The fourth-order valence-electron chi connectivity index (χ4n) is 2.63. The molecule has 0 N–H and O–H groups in total. The molecule has 1 aromatic heterocycles. The highest BCUT2D eigenvalue weighted by molar-refractivity contribution is 5.40. The highest BCUT2D eigenvalue weighted by Gasteiger charge is 2.20. The molecule has 1 aliphatic heterocycles. The smallest absolute Gasteiger partial charge is 0.163 e. The molecule has 0 amide bonds. The van der Waals surface area contributed by atoms with E-state index in [9.17, 15) is 0 Å². The van der Waals surface area contributed by atoms with E-state index in [0.717, 1.165) is 38.4 Å². The summed E-state index contributed by atoms with van der Waals surface area (Å²) in [6.45, 7) is 2.37. The molecule has 0 spiro atoms. The molecule has 112 valence electrons. The number of aromatic nitrogens is 2. The molecule has 0 saturated carbocycles. The minimum atomic E-state index is 0.237. The van der Waals surface area contributed by atoms with Gasteiger partial charge in [0.1, 0.15) is 6.07 Å². The number of nitriles is 1. The summed E-state index contributed by atoms with van der Waals surface area (Å²) >= 11 is 0. The van der Waals surface area contributed by atoms with Crippen molar-refractivity contribution in [3.63, 3.8) is 0 Å². The highest BCUT2D eigenvalue weighted by Crippen LogP contribution is 2.19. The van der Waals surface area contributed by atoms with Crippen LogP contribution in [0.25, 0.3) is 0 Å². The van der Waals surface area contributed by atoms with E-state index in [1.165, 1.54) is 5.56 Å². The minimum Gasteiger partial charge on any atom is -0.376 e. The van der Waals surface area contributed by atoms with Crippen molar-refractivity contribution in [2.45, 2.75) is 25.5 Å². The lowest BCUT2D eigenvalue weighted by Crippen LogP contribution is -2.32. The van der Waals surface area contributed by atoms with Crippen LogP contribution in [-0.4, -0.2) is 29.5 Å². The second kappa shape index (κ2) is 7.01. The summed E-state index contributed by atoms with van der Waals surface area (Å²) in [7, 11) is 0. The third-order valence-electron chi connectivity index (χ3n) is 3.75. The summed E-state index contributed by atoms with van der Waals surface area (Å²) < 4.78 is 5.75. The first-order chi connectivity index (χ1) is 10.8. The first kappa shape index (κ1) is 14.5. The Morgan fingerprint density at radius 1 is 1.18 bits per heavy atom. The molecule has 1 aliphatic rings. The van der Waals surface area contributed by atoms with Crippen molar-refractivity contribution >= 4 is 5.82 Å². The monoisotopic (exact) mass is 294 g/mol. The van der Waals surface area contributed by atoms with Crippen molar-refractivity contribution < 1.29 is 4.74 Å². The van der Waals surface area contributed by atoms with Gasteiger partial charge in [-0.05, 0) is 30.5 Å². The average molecular weight is 294 g/mol. The largest absolute Gasteiger partial charge is 0.376 e. The molecule has 0 bridgehead atoms. The Balaban J connectivity index is 1.79. The summed E-state index contributed by atoms with van der Waals surface area (Å²) in [5.74, 6) is 0.776. The Kier molecular flexibility index (Phi) is 4.62. The van der Waals surface area contributed by atoms with Gasteiger partial charge in [0.2, 0.25) is 0 Å². The van der Waals surface area contributed by atoms with E-state index in [-0.39, 0.29) is 6.10 Å². The molecule has 1 atom stereocenters. The Hall–Kier alpha value is -2.45. The van der Waals surface area contributed by atoms with Crippen LogP contribution in [0.5, 0.6) is 0 Å². The van der Waals surface area contributed by atoms with Gasteiger partial charge in [-0.1, -0.05) is 30.3 Å². The predicted molar refractivity (Wildman–Crippen MR) is 83.2 cm³/mol. The lowest BCUT2D eigenvalue weighted by atomic mass is 10.2. The summed E-state index contributed by atoms with van der Waals surface area (Å²) in [5.41, 5.74) is 1.55. The summed E-state index contributed by atoms with van der Waals surface area (Å²) in [4.78, 5) is 2.17. The van der Waals surface area contributed by atoms with Crippen molar-refractivity contribution in [1.82, 2.24) is 10.2 Å². The lowest BCUT2D eigenvalue weighted by molar-refractivity contribution is 0.115. The maximum atomic E-state index is 8.85. The second-order valence-electron chi connectivity index (χ2n) is 5.39. The van der Waals surface area contributed by atoms with Gasteiger partial charge in [0.05, 0.1) is 6.10 Å². The molecule has 1 aromatic carbocycles. The van der Waals surface area contributed by atoms with Crippen LogP contribution < -0.4 is 4.90 Å². The molecule has 3 rings (SSSR count). The van der Waals surface area contributed by atoms with Crippen LogP contribution in [0, 0.1) is 11.3 Å². The van der Waals surface area contributed by atoms with E-state index >= 15 is 0 Å². The van der Waals surface area contributed by atoms with Crippen LogP contribution in [0.3, 0.4) is 0 Å².